The van der Waals surface area contributed by atoms with Crippen molar-refractivity contribution in [2.45, 2.75) is 25.8 Å². The van der Waals surface area contributed by atoms with Crippen molar-refractivity contribution in [1.82, 2.24) is 15.5 Å². The lowest BCUT2D eigenvalue weighted by Crippen LogP contribution is -2.36. The summed E-state index contributed by atoms with van der Waals surface area (Å²) in [6, 6.07) is 2.34. The van der Waals surface area contributed by atoms with Gasteiger partial charge in [-0.3, -0.25) is 0 Å². The third kappa shape index (κ3) is 3.42. The largest absolute Gasteiger partial charge is 0.434 e. The maximum absolute atomic E-state index is 14.1. The predicted octanol–water partition coefficient (Wildman–Crippen LogP) is 2.11. The van der Waals surface area contributed by atoms with E-state index in [2.05, 4.69) is 20.8 Å². The fraction of sp³-hybridized carbons (Fsp3) is 0.467. The van der Waals surface area contributed by atoms with Crippen LogP contribution >= 0.6 is 0 Å². The number of halogens is 2. The summed E-state index contributed by atoms with van der Waals surface area (Å²) in [5, 5.41) is 12.0. The van der Waals surface area contributed by atoms with Crippen LogP contribution in [0.25, 0.3) is 11.5 Å². The highest BCUT2D eigenvalue weighted by atomic mass is 19.2. The normalized spacial score (nSPS) is 17.2. The van der Waals surface area contributed by atoms with Crippen LogP contribution in [0.1, 0.15) is 19.8 Å². The standard InChI is InChI=1S/C15H18F2N4O2/c1-8(9-2-4-18-5-3-9)19-12-7-10(6-11(16)13(12)17)14-20-21-15(22)23-14/h6-9,18-19H,2-5H2,1H3,(H,21,22)/t8-/m0/s1. The smallest absolute Gasteiger partial charge is 0.388 e. The van der Waals surface area contributed by atoms with Gasteiger partial charge < -0.3 is 15.1 Å². The van der Waals surface area contributed by atoms with Crippen LogP contribution in [0, 0.1) is 17.6 Å². The Hall–Kier alpha value is -2.22. The van der Waals surface area contributed by atoms with Crippen molar-refractivity contribution >= 4 is 5.69 Å². The van der Waals surface area contributed by atoms with Crippen molar-refractivity contribution in [3.8, 4) is 11.5 Å². The first-order valence-electron chi connectivity index (χ1n) is 7.57. The molecule has 1 aliphatic rings. The summed E-state index contributed by atoms with van der Waals surface area (Å²) >= 11 is 0. The van der Waals surface area contributed by atoms with Gasteiger partial charge in [-0.05, 0) is 50.9 Å². The molecule has 1 aromatic heterocycles. The van der Waals surface area contributed by atoms with Crippen LogP contribution in [0.15, 0.2) is 21.3 Å². The zero-order valence-corrected chi connectivity index (χ0v) is 12.7. The maximum Gasteiger partial charge on any atom is 0.434 e. The lowest BCUT2D eigenvalue weighted by molar-refractivity contribution is 0.342. The Labute approximate surface area is 131 Å². The molecule has 23 heavy (non-hydrogen) atoms. The highest BCUT2D eigenvalue weighted by molar-refractivity contribution is 5.62. The van der Waals surface area contributed by atoms with Crippen molar-refractivity contribution in [2.24, 2.45) is 5.92 Å². The van der Waals surface area contributed by atoms with Crippen LogP contribution in [0.3, 0.4) is 0 Å². The van der Waals surface area contributed by atoms with Gasteiger partial charge >= 0.3 is 5.76 Å². The summed E-state index contributed by atoms with van der Waals surface area (Å²) in [5.41, 5.74) is 0.235. The number of aromatic amines is 1. The zero-order chi connectivity index (χ0) is 16.4. The van der Waals surface area contributed by atoms with Gasteiger partial charge in [0, 0.05) is 11.6 Å². The summed E-state index contributed by atoms with van der Waals surface area (Å²) < 4.78 is 32.7. The molecule has 8 heteroatoms. The number of anilines is 1. The molecule has 0 amide bonds. The molecule has 1 fully saturated rings. The molecule has 0 radical (unpaired) electrons. The van der Waals surface area contributed by atoms with E-state index < -0.39 is 17.4 Å². The van der Waals surface area contributed by atoms with Crippen molar-refractivity contribution in [1.29, 1.82) is 0 Å². The van der Waals surface area contributed by atoms with Gasteiger partial charge in [0.25, 0.3) is 0 Å². The SMILES string of the molecule is C[C@H](Nc1cc(-c2n[nH]c(=O)o2)cc(F)c1F)C1CCNCC1. The van der Waals surface area contributed by atoms with E-state index in [0.717, 1.165) is 32.0 Å². The molecule has 1 saturated heterocycles. The number of nitrogens with zero attached hydrogens (tertiary/aromatic N) is 1. The Kier molecular flexibility index (Phi) is 4.42. The van der Waals surface area contributed by atoms with Gasteiger partial charge in [-0.15, -0.1) is 5.10 Å². The van der Waals surface area contributed by atoms with Gasteiger partial charge in [0.1, 0.15) is 0 Å². The molecule has 0 aliphatic carbocycles. The van der Waals surface area contributed by atoms with Crippen LogP contribution in [0.5, 0.6) is 0 Å². The Morgan fingerprint density at radius 1 is 1.35 bits per heavy atom. The Bertz CT molecular complexity index is 737. The second-order valence-electron chi connectivity index (χ2n) is 5.76. The molecule has 3 N–H and O–H groups in total. The average Bonchev–Trinajstić information content (AvgIpc) is 2.99. The Morgan fingerprint density at radius 2 is 2.09 bits per heavy atom. The first kappa shape index (κ1) is 15.7. The van der Waals surface area contributed by atoms with Crippen molar-refractivity contribution in [3.05, 3.63) is 34.3 Å². The second kappa shape index (κ2) is 6.49. The van der Waals surface area contributed by atoms with Gasteiger partial charge in [-0.2, -0.15) is 0 Å². The van der Waals surface area contributed by atoms with Gasteiger partial charge in [-0.1, -0.05) is 0 Å². The highest BCUT2D eigenvalue weighted by Gasteiger charge is 2.22. The van der Waals surface area contributed by atoms with Gasteiger partial charge in [0.15, 0.2) is 11.6 Å². The molecule has 6 nitrogen and oxygen atoms in total. The third-order valence-corrected chi connectivity index (χ3v) is 4.19. The van der Waals surface area contributed by atoms with Crippen LogP contribution in [0.4, 0.5) is 14.5 Å². The van der Waals surface area contributed by atoms with E-state index in [1.165, 1.54) is 6.07 Å². The van der Waals surface area contributed by atoms with E-state index >= 15 is 0 Å². The topological polar surface area (TPSA) is 83.0 Å². The molecule has 0 unspecified atom stereocenters. The molecule has 0 bridgehead atoms. The molecular formula is C15H18F2N4O2. The molecule has 0 spiro atoms. The number of hydrogen-bond donors (Lipinski definition) is 3. The molecular weight excluding hydrogens is 306 g/mol. The van der Waals surface area contributed by atoms with Gasteiger partial charge in [0.2, 0.25) is 5.89 Å². The first-order valence-corrected chi connectivity index (χ1v) is 7.57. The predicted molar refractivity (Wildman–Crippen MR) is 81.2 cm³/mol. The van der Waals surface area contributed by atoms with Gasteiger partial charge in [-0.25, -0.2) is 18.7 Å². The lowest BCUT2D eigenvalue weighted by Gasteiger charge is -2.29. The Morgan fingerprint density at radius 3 is 2.74 bits per heavy atom. The van der Waals surface area contributed by atoms with E-state index in [0.29, 0.717) is 5.92 Å². The minimum atomic E-state index is -1.02. The molecule has 1 aromatic carbocycles. The first-order chi connectivity index (χ1) is 11.0. The van der Waals surface area contributed by atoms with Crippen LogP contribution < -0.4 is 16.4 Å². The average molecular weight is 324 g/mol. The number of nitrogens with one attached hydrogen (secondary N) is 3. The van der Waals surface area contributed by atoms with E-state index in [4.69, 9.17) is 4.42 Å². The van der Waals surface area contributed by atoms with E-state index in [1.807, 2.05) is 6.92 Å². The molecule has 124 valence electrons. The summed E-state index contributed by atoms with van der Waals surface area (Å²) in [6.07, 6.45) is 1.96. The van der Waals surface area contributed by atoms with E-state index in [1.54, 1.807) is 0 Å². The number of piperidine rings is 1. The third-order valence-electron chi connectivity index (χ3n) is 4.19. The molecule has 2 aromatic rings. The molecule has 0 saturated carbocycles. The minimum Gasteiger partial charge on any atom is -0.388 e. The van der Waals surface area contributed by atoms with Crippen molar-refractivity contribution < 1.29 is 13.2 Å². The Balaban J connectivity index is 1.85. The van der Waals surface area contributed by atoms with Crippen LogP contribution in [-0.4, -0.2) is 29.3 Å². The van der Waals surface area contributed by atoms with Crippen molar-refractivity contribution in [2.75, 3.05) is 18.4 Å². The molecule has 3 rings (SSSR count). The quantitative estimate of drug-likeness (QED) is 0.802. The summed E-state index contributed by atoms with van der Waals surface area (Å²) in [6.45, 7) is 3.80. The maximum atomic E-state index is 14.1. The summed E-state index contributed by atoms with van der Waals surface area (Å²) in [7, 11) is 0. The van der Waals surface area contributed by atoms with Crippen LogP contribution in [0.2, 0.25) is 0 Å². The number of H-pyrrole nitrogens is 1. The van der Waals surface area contributed by atoms with E-state index in [9.17, 15) is 13.6 Å². The van der Waals surface area contributed by atoms with Gasteiger partial charge in [0.05, 0.1) is 5.69 Å². The highest BCUT2D eigenvalue weighted by Crippen LogP contribution is 2.28. The zero-order valence-electron chi connectivity index (χ0n) is 12.7. The number of aromatic nitrogens is 2. The summed E-state index contributed by atoms with van der Waals surface area (Å²) in [4.78, 5) is 11.0. The molecule has 1 aliphatic heterocycles. The number of rotatable bonds is 4. The fourth-order valence-electron chi connectivity index (χ4n) is 2.88. The summed E-state index contributed by atoms with van der Waals surface area (Å²) in [5.74, 6) is -2.42. The van der Waals surface area contributed by atoms with Crippen molar-refractivity contribution in [3.63, 3.8) is 0 Å². The second-order valence-corrected chi connectivity index (χ2v) is 5.76. The fourth-order valence-corrected chi connectivity index (χ4v) is 2.88. The molecule has 2 heterocycles. The number of hydrogen-bond acceptors (Lipinski definition) is 5. The monoisotopic (exact) mass is 324 g/mol. The van der Waals surface area contributed by atoms with Crippen LogP contribution in [-0.2, 0) is 0 Å². The number of benzene rings is 1. The minimum absolute atomic E-state index is 0.00700. The molecule has 1 atom stereocenters. The van der Waals surface area contributed by atoms with E-state index in [-0.39, 0.29) is 23.2 Å². The lowest BCUT2D eigenvalue weighted by atomic mass is 9.91.